The Morgan fingerprint density at radius 2 is 0.909 bits per heavy atom. The minimum absolute atomic E-state index is 1.17. The van der Waals surface area contributed by atoms with Crippen molar-refractivity contribution in [2.75, 3.05) is 0 Å². The van der Waals surface area contributed by atoms with Crippen LogP contribution in [0.15, 0.2) is 158 Å². The van der Waals surface area contributed by atoms with Crippen LogP contribution < -0.4 is 0 Å². The minimum Gasteiger partial charge on any atom is -0.309 e. The van der Waals surface area contributed by atoms with E-state index in [2.05, 4.69) is 167 Å². The molecule has 204 valence electrons. The highest BCUT2D eigenvalue weighted by atomic mass is 15.0. The van der Waals surface area contributed by atoms with E-state index in [1.165, 1.54) is 87.3 Å². The number of fused-ring (bicyclic) bond motifs is 13. The Morgan fingerprint density at radius 1 is 0.295 bits per heavy atom. The number of para-hydroxylation sites is 2. The average Bonchev–Trinajstić information content (AvgIpc) is 3.63. The first-order valence-electron chi connectivity index (χ1n) is 15.2. The molecule has 0 spiro atoms. The van der Waals surface area contributed by atoms with Gasteiger partial charge in [-0.05, 0) is 63.3 Å². The summed E-state index contributed by atoms with van der Waals surface area (Å²) in [7, 11) is 0. The monoisotopic (exact) mass is 558 g/mol. The molecule has 0 fully saturated rings. The lowest BCUT2D eigenvalue weighted by atomic mass is 9.97. The molecule has 2 heterocycles. The molecule has 0 aliphatic heterocycles. The molecule has 0 saturated carbocycles. The van der Waals surface area contributed by atoms with Crippen molar-refractivity contribution in [3.8, 4) is 11.4 Å². The first-order valence-corrected chi connectivity index (χ1v) is 15.2. The molecule has 0 saturated heterocycles. The van der Waals surface area contributed by atoms with Crippen molar-refractivity contribution in [3.63, 3.8) is 0 Å². The summed E-state index contributed by atoms with van der Waals surface area (Å²) in [5, 5.41) is 12.7. The van der Waals surface area contributed by atoms with Crippen LogP contribution in [0.4, 0.5) is 0 Å². The fraction of sp³-hybridized carbons (Fsp3) is 0. The zero-order chi connectivity index (χ0) is 28.8. The van der Waals surface area contributed by atoms with Crippen molar-refractivity contribution >= 4 is 75.9 Å². The second kappa shape index (κ2) is 8.82. The fourth-order valence-corrected chi connectivity index (χ4v) is 7.63. The van der Waals surface area contributed by atoms with Crippen molar-refractivity contribution in [2.45, 2.75) is 0 Å². The topological polar surface area (TPSA) is 9.86 Å². The van der Waals surface area contributed by atoms with E-state index in [1.807, 2.05) is 0 Å². The van der Waals surface area contributed by atoms with Crippen LogP contribution in [0, 0.1) is 0 Å². The van der Waals surface area contributed by atoms with Crippen molar-refractivity contribution in [1.29, 1.82) is 0 Å². The number of hydrogen-bond donors (Lipinski definition) is 0. The normalized spacial score (nSPS) is 12.1. The average molecular weight is 559 g/mol. The SMILES string of the molecule is c1ccc(-n2c3ccccc3c3c2c2ccccc2c2c4c5ccccc5ccc4n(-c4ccc5ccccc5c4)c23)cc1. The van der Waals surface area contributed by atoms with Gasteiger partial charge in [-0.2, -0.15) is 0 Å². The molecule has 0 N–H and O–H groups in total. The van der Waals surface area contributed by atoms with Crippen LogP contribution in [0.2, 0.25) is 0 Å². The predicted octanol–water partition coefficient (Wildman–Crippen LogP) is 11.3. The molecule has 0 atom stereocenters. The second-order valence-electron chi connectivity index (χ2n) is 11.7. The Balaban J connectivity index is 1.56. The van der Waals surface area contributed by atoms with E-state index in [1.54, 1.807) is 0 Å². The molecule has 0 bridgehead atoms. The van der Waals surface area contributed by atoms with Crippen molar-refractivity contribution in [2.24, 2.45) is 0 Å². The first-order chi connectivity index (χ1) is 21.9. The molecule has 2 aromatic heterocycles. The summed E-state index contributed by atoms with van der Waals surface area (Å²) >= 11 is 0. The van der Waals surface area contributed by atoms with Gasteiger partial charge in [-0.1, -0.05) is 121 Å². The maximum Gasteiger partial charge on any atom is 0.0648 e. The van der Waals surface area contributed by atoms with E-state index in [9.17, 15) is 0 Å². The summed E-state index contributed by atoms with van der Waals surface area (Å²) in [6.07, 6.45) is 0. The molecule has 0 unspecified atom stereocenters. The molecule has 0 radical (unpaired) electrons. The van der Waals surface area contributed by atoms with Crippen LogP contribution in [-0.4, -0.2) is 9.13 Å². The van der Waals surface area contributed by atoms with E-state index in [4.69, 9.17) is 0 Å². The van der Waals surface area contributed by atoms with Gasteiger partial charge >= 0.3 is 0 Å². The zero-order valence-corrected chi connectivity index (χ0v) is 23.9. The Labute approximate surface area is 253 Å². The molecular formula is C42H26N2. The number of benzene rings is 8. The molecule has 2 nitrogen and oxygen atoms in total. The van der Waals surface area contributed by atoms with Gasteiger partial charge in [-0.15, -0.1) is 0 Å². The molecule has 0 aliphatic carbocycles. The summed E-state index contributed by atoms with van der Waals surface area (Å²) in [5.74, 6) is 0. The smallest absolute Gasteiger partial charge is 0.0648 e. The lowest BCUT2D eigenvalue weighted by Crippen LogP contribution is -1.96. The molecule has 10 rings (SSSR count). The molecule has 2 heteroatoms. The zero-order valence-electron chi connectivity index (χ0n) is 23.9. The summed E-state index contributed by atoms with van der Waals surface area (Å²) < 4.78 is 4.99. The van der Waals surface area contributed by atoms with E-state index in [0.29, 0.717) is 0 Å². The number of nitrogens with zero attached hydrogens (tertiary/aromatic N) is 2. The lowest BCUT2D eigenvalue weighted by Gasteiger charge is -2.13. The number of aromatic nitrogens is 2. The molecule has 44 heavy (non-hydrogen) atoms. The van der Waals surface area contributed by atoms with Crippen molar-refractivity contribution < 1.29 is 0 Å². The van der Waals surface area contributed by atoms with Gasteiger partial charge in [0.25, 0.3) is 0 Å². The molecular weight excluding hydrogens is 532 g/mol. The summed E-state index contributed by atoms with van der Waals surface area (Å²) in [4.78, 5) is 0. The third-order valence-corrected chi connectivity index (χ3v) is 9.43. The van der Waals surface area contributed by atoms with Crippen LogP contribution in [-0.2, 0) is 0 Å². The number of hydrogen-bond acceptors (Lipinski definition) is 0. The van der Waals surface area contributed by atoms with Gasteiger partial charge in [-0.25, -0.2) is 0 Å². The Bertz CT molecular complexity index is 2760. The van der Waals surface area contributed by atoms with Gasteiger partial charge in [0.05, 0.1) is 22.1 Å². The summed E-state index contributed by atoms with van der Waals surface area (Å²) in [6, 6.07) is 57.7. The van der Waals surface area contributed by atoms with Crippen LogP contribution >= 0.6 is 0 Å². The molecule has 8 aromatic carbocycles. The standard InChI is InChI=1S/C42H26N2/c1-2-15-30(16-3-1)43-36-21-11-10-20-35(36)40-41(43)34-19-9-8-18-33(34)39-38-32-17-7-6-13-28(32)23-25-37(38)44(42(39)40)31-24-22-27-12-4-5-14-29(27)26-31/h1-26H. The molecule has 0 amide bonds. The van der Waals surface area contributed by atoms with E-state index < -0.39 is 0 Å². The van der Waals surface area contributed by atoms with E-state index in [0.717, 1.165) is 0 Å². The third-order valence-electron chi connectivity index (χ3n) is 9.43. The highest BCUT2D eigenvalue weighted by molar-refractivity contribution is 6.39. The largest absolute Gasteiger partial charge is 0.309 e. The Hall–Kier alpha value is -5.86. The molecule has 0 aliphatic rings. The Kier molecular flexibility index (Phi) is 4.75. The fourth-order valence-electron chi connectivity index (χ4n) is 7.63. The van der Waals surface area contributed by atoms with Crippen LogP contribution in [0.25, 0.3) is 87.3 Å². The number of rotatable bonds is 2. The highest BCUT2D eigenvalue weighted by Gasteiger charge is 2.25. The maximum absolute atomic E-state index is 2.53. The highest BCUT2D eigenvalue weighted by Crippen LogP contribution is 2.48. The predicted molar refractivity (Wildman–Crippen MR) is 188 cm³/mol. The quantitative estimate of drug-likeness (QED) is 0.200. The first kappa shape index (κ1) is 23.7. The van der Waals surface area contributed by atoms with Crippen molar-refractivity contribution in [1.82, 2.24) is 9.13 Å². The van der Waals surface area contributed by atoms with E-state index in [-0.39, 0.29) is 0 Å². The Morgan fingerprint density at radius 3 is 1.75 bits per heavy atom. The molecule has 10 aromatic rings. The van der Waals surface area contributed by atoms with Crippen molar-refractivity contribution in [3.05, 3.63) is 158 Å². The van der Waals surface area contributed by atoms with Gasteiger partial charge in [0.15, 0.2) is 0 Å². The van der Waals surface area contributed by atoms with Gasteiger partial charge in [0.2, 0.25) is 0 Å². The third kappa shape index (κ3) is 3.09. The van der Waals surface area contributed by atoms with Gasteiger partial charge in [0.1, 0.15) is 0 Å². The van der Waals surface area contributed by atoms with Gasteiger partial charge in [0, 0.05) is 38.3 Å². The lowest BCUT2D eigenvalue weighted by molar-refractivity contribution is 1.18. The van der Waals surface area contributed by atoms with Crippen LogP contribution in [0.1, 0.15) is 0 Å². The van der Waals surface area contributed by atoms with E-state index >= 15 is 0 Å². The minimum atomic E-state index is 1.17. The van der Waals surface area contributed by atoms with Gasteiger partial charge < -0.3 is 9.13 Å². The van der Waals surface area contributed by atoms with Crippen LogP contribution in [0.3, 0.4) is 0 Å². The van der Waals surface area contributed by atoms with Crippen LogP contribution in [0.5, 0.6) is 0 Å². The van der Waals surface area contributed by atoms with Gasteiger partial charge in [-0.3, -0.25) is 0 Å². The second-order valence-corrected chi connectivity index (χ2v) is 11.7. The summed E-state index contributed by atoms with van der Waals surface area (Å²) in [6.45, 7) is 0. The maximum atomic E-state index is 2.53. The summed E-state index contributed by atoms with van der Waals surface area (Å²) in [5.41, 5.74) is 7.28.